The normalized spacial score (nSPS) is 15.7. The van der Waals surface area contributed by atoms with Gasteiger partial charge in [-0.25, -0.2) is 9.97 Å². The zero-order valence-corrected chi connectivity index (χ0v) is 31.9. The molecule has 1 saturated heterocycles. The number of hydrogen-bond donors (Lipinski definition) is 2. The molecule has 56 heavy (non-hydrogen) atoms. The molecule has 7 rings (SSSR count). The van der Waals surface area contributed by atoms with Gasteiger partial charge < -0.3 is 24.8 Å². The minimum atomic E-state index is -4.62. The summed E-state index contributed by atoms with van der Waals surface area (Å²) in [7, 11) is 4.13. The number of anilines is 2. The van der Waals surface area contributed by atoms with Crippen molar-refractivity contribution in [2.75, 3.05) is 50.5 Å². The average molecular weight is 793 g/mol. The summed E-state index contributed by atoms with van der Waals surface area (Å²) in [6.07, 6.45) is 0.0920. The summed E-state index contributed by atoms with van der Waals surface area (Å²) in [6.45, 7) is 3.86. The van der Waals surface area contributed by atoms with Crippen LogP contribution in [0.4, 0.5) is 24.5 Å². The Morgan fingerprint density at radius 3 is 2.32 bits per heavy atom. The van der Waals surface area contributed by atoms with Crippen molar-refractivity contribution in [1.82, 2.24) is 38.9 Å². The van der Waals surface area contributed by atoms with Crippen LogP contribution >= 0.6 is 11.6 Å². The molecule has 5 aromatic rings. The highest BCUT2D eigenvalue weighted by molar-refractivity contribution is 6.33. The summed E-state index contributed by atoms with van der Waals surface area (Å²) in [4.78, 5) is 59.7. The van der Waals surface area contributed by atoms with Crippen LogP contribution in [0.2, 0.25) is 5.02 Å². The topological polar surface area (TPSA) is 154 Å². The molecule has 0 spiro atoms. The Balaban J connectivity index is 1.25. The summed E-state index contributed by atoms with van der Waals surface area (Å²) in [5, 5.41) is 17.4. The third-order valence-electron chi connectivity index (χ3n) is 10.8. The van der Waals surface area contributed by atoms with Crippen LogP contribution in [-0.2, 0) is 29.5 Å². The number of fused-ring (bicyclic) bond motifs is 1. The number of rotatable bonds is 9. The average Bonchev–Trinajstić information content (AvgIpc) is 3.60. The lowest BCUT2D eigenvalue weighted by molar-refractivity contribution is -0.137. The van der Waals surface area contributed by atoms with Crippen LogP contribution in [0.25, 0.3) is 17.2 Å². The van der Waals surface area contributed by atoms with Gasteiger partial charge in [-0.05, 0) is 70.5 Å². The maximum atomic E-state index is 14.4. The number of aryl methyl sites for hydroxylation is 1. The van der Waals surface area contributed by atoms with E-state index in [0.717, 1.165) is 47.5 Å². The predicted octanol–water partition coefficient (Wildman–Crippen LogP) is 5.14. The van der Waals surface area contributed by atoms with Crippen LogP contribution in [0.5, 0.6) is 5.75 Å². The van der Waals surface area contributed by atoms with E-state index in [9.17, 15) is 32.7 Å². The number of halogens is 4. The summed E-state index contributed by atoms with van der Waals surface area (Å²) >= 11 is 6.17. The lowest BCUT2D eigenvalue weighted by Gasteiger charge is -2.48. The van der Waals surface area contributed by atoms with Gasteiger partial charge in [0, 0.05) is 37.3 Å². The molecule has 2 fully saturated rings. The largest absolute Gasteiger partial charge is 0.504 e. The Bertz CT molecular complexity index is 2380. The molecule has 1 aliphatic carbocycles. The standard InChI is InChI=1S/C38H40ClF3N10O4/c1-5-28-31(49-15-17-50(18-16-49)34(55)30-32(54)22(2)43-21-44-30)35(56)52-36(51(28)20-29(53)45-27-12-11-25(19-26(27)39)38(40,41)42)46-33(47-52)23-7-9-24(10-8-23)37(48(3)4)13-6-14-37/h7-12,19,21,54H,5-6,13-18,20H2,1-4H3,(H,45,53). The zero-order valence-electron chi connectivity index (χ0n) is 31.2. The zero-order chi connectivity index (χ0) is 40.1. The van der Waals surface area contributed by atoms with E-state index in [1.165, 1.54) is 11.2 Å². The molecule has 294 valence electrons. The molecule has 1 saturated carbocycles. The number of carbonyl (C=O) groups is 2. The number of aromatic hydroxyl groups is 1. The molecule has 2 amide bonds. The van der Waals surface area contributed by atoms with E-state index < -0.39 is 29.1 Å². The number of piperazine rings is 1. The van der Waals surface area contributed by atoms with Crippen molar-refractivity contribution >= 4 is 40.6 Å². The molecular formula is C38H40ClF3N10O4. The first-order valence-electron chi connectivity index (χ1n) is 18.1. The van der Waals surface area contributed by atoms with Crippen molar-refractivity contribution in [1.29, 1.82) is 0 Å². The van der Waals surface area contributed by atoms with Crippen molar-refractivity contribution in [3.05, 3.63) is 92.4 Å². The fraction of sp³-hybridized carbons (Fsp3) is 0.395. The Morgan fingerprint density at radius 1 is 1.04 bits per heavy atom. The number of carbonyl (C=O) groups excluding carboxylic acids is 2. The molecule has 1 aliphatic heterocycles. The second-order valence-corrected chi connectivity index (χ2v) is 14.6. The van der Waals surface area contributed by atoms with E-state index in [2.05, 4.69) is 39.4 Å². The van der Waals surface area contributed by atoms with Crippen molar-refractivity contribution in [2.24, 2.45) is 0 Å². The van der Waals surface area contributed by atoms with Gasteiger partial charge in [0.2, 0.25) is 11.7 Å². The van der Waals surface area contributed by atoms with Crippen LogP contribution in [0.3, 0.4) is 0 Å². The lowest BCUT2D eigenvalue weighted by atomic mass is 9.71. The van der Waals surface area contributed by atoms with E-state index in [4.69, 9.17) is 16.6 Å². The summed E-state index contributed by atoms with van der Waals surface area (Å²) in [6, 6.07) is 10.6. The molecule has 0 radical (unpaired) electrons. The number of benzene rings is 2. The monoisotopic (exact) mass is 792 g/mol. The van der Waals surface area contributed by atoms with Crippen LogP contribution in [0.1, 0.15) is 59.2 Å². The van der Waals surface area contributed by atoms with E-state index >= 15 is 0 Å². The highest BCUT2D eigenvalue weighted by Crippen LogP contribution is 2.45. The third kappa shape index (κ3) is 6.93. The Hall–Kier alpha value is -5.55. The second-order valence-electron chi connectivity index (χ2n) is 14.2. The van der Waals surface area contributed by atoms with E-state index in [1.807, 2.05) is 36.1 Å². The van der Waals surface area contributed by atoms with Gasteiger partial charge in [-0.2, -0.15) is 22.7 Å². The van der Waals surface area contributed by atoms with Gasteiger partial charge in [-0.3, -0.25) is 19.3 Å². The van der Waals surface area contributed by atoms with Gasteiger partial charge in [-0.1, -0.05) is 42.8 Å². The fourth-order valence-corrected chi connectivity index (χ4v) is 7.75. The number of hydrogen-bond acceptors (Lipinski definition) is 10. The maximum absolute atomic E-state index is 14.4. The van der Waals surface area contributed by atoms with Gasteiger partial charge in [0.05, 0.1) is 27.7 Å². The van der Waals surface area contributed by atoms with Crippen LogP contribution in [0, 0.1) is 6.92 Å². The Morgan fingerprint density at radius 2 is 1.73 bits per heavy atom. The van der Waals surface area contributed by atoms with Gasteiger partial charge in [0.15, 0.2) is 17.3 Å². The third-order valence-corrected chi connectivity index (χ3v) is 11.2. The molecule has 2 aromatic carbocycles. The quantitative estimate of drug-likeness (QED) is 0.205. The molecule has 4 heterocycles. The Labute approximate surface area is 324 Å². The maximum Gasteiger partial charge on any atom is 0.416 e. The van der Waals surface area contributed by atoms with Crippen LogP contribution in [0.15, 0.2) is 53.6 Å². The highest BCUT2D eigenvalue weighted by Gasteiger charge is 2.40. The van der Waals surface area contributed by atoms with E-state index in [1.54, 1.807) is 11.5 Å². The predicted molar refractivity (Wildman–Crippen MR) is 203 cm³/mol. The minimum absolute atomic E-state index is 0.0186. The first-order valence-corrected chi connectivity index (χ1v) is 18.5. The van der Waals surface area contributed by atoms with E-state index in [-0.39, 0.29) is 89.8 Å². The van der Waals surface area contributed by atoms with Crippen molar-refractivity contribution in [3.63, 3.8) is 0 Å². The van der Waals surface area contributed by atoms with Gasteiger partial charge in [0.1, 0.15) is 18.6 Å². The molecular weight excluding hydrogens is 753 g/mol. The first kappa shape index (κ1) is 38.7. The number of nitrogens with one attached hydrogen (secondary N) is 1. The smallest absolute Gasteiger partial charge is 0.416 e. The lowest BCUT2D eigenvalue weighted by Crippen LogP contribution is -2.51. The van der Waals surface area contributed by atoms with Crippen LogP contribution < -0.4 is 15.8 Å². The SMILES string of the molecule is CCc1c(N2CCN(C(=O)c3ncnc(C)c3O)CC2)c(=O)n2nc(-c3ccc(C4(N(C)C)CCC4)cc3)nc2n1CC(=O)Nc1ccc(C(F)(F)F)cc1Cl. The van der Waals surface area contributed by atoms with Gasteiger partial charge >= 0.3 is 6.18 Å². The fourth-order valence-electron chi connectivity index (χ4n) is 7.52. The molecule has 18 heteroatoms. The minimum Gasteiger partial charge on any atom is -0.504 e. The molecule has 2 aliphatic rings. The number of amides is 2. The Kier molecular flexibility index (Phi) is 10.3. The molecule has 14 nitrogen and oxygen atoms in total. The van der Waals surface area contributed by atoms with Crippen molar-refractivity contribution in [3.8, 4) is 17.1 Å². The number of aromatic nitrogens is 6. The highest BCUT2D eigenvalue weighted by atomic mass is 35.5. The number of alkyl halides is 3. The molecule has 3 aromatic heterocycles. The first-order chi connectivity index (χ1) is 26.6. The van der Waals surface area contributed by atoms with Crippen LogP contribution in [-0.4, -0.2) is 96.1 Å². The van der Waals surface area contributed by atoms with Gasteiger partial charge in [-0.15, -0.1) is 5.10 Å². The molecule has 0 bridgehead atoms. The van der Waals surface area contributed by atoms with E-state index in [0.29, 0.717) is 11.3 Å². The van der Waals surface area contributed by atoms with Crippen molar-refractivity contribution < 1.29 is 27.9 Å². The van der Waals surface area contributed by atoms with Gasteiger partial charge in [0.25, 0.3) is 11.5 Å². The summed E-state index contributed by atoms with van der Waals surface area (Å²) in [5.74, 6) is -1.05. The molecule has 0 unspecified atom stereocenters. The summed E-state index contributed by atoms with van der Waals surface area (Å²) < 4.78 is 42.6. The summed E-state index contributed by atoms with van der Waals surface area (Å²) in [5.41, 5.74) is 1.21. The molecule has 2 N–H and O–H groups in total. The second kappa shape index (κ2) is 14.8. The molecule has 0 atom stereocenters. The van der Waals surface area contributed by atoms with Crippen molar-refractivity contribution in [2.45, 2.75) is 57.8 Å². The number of nitrogens with zero attached hydrogens (tertiary/aromatic N) is 9.